The average Bonchev–Trinajstić information content (AvgIpc) is 2.97. The van der Waals surface area contributed by atoms with E-state index in [-0.39, 0.29) is 6.79 Å². The van der Waals surface area contributed by atoms with Crippen LogP contribution in [0.25, 0.3) is 0 Å². The Morgan fingerprint density at radius 1 is 1.25 bits per heavy atom. The number of carbonyl (C=O) groups is 1. The number of hydrogen-bond acceptors (Lipinski definition) is 5. The third-order valence-electron chi connectivity index (χ3n) is 3.63. The SMILES string of the molecule is O=C(NO)N1CCN(Cc2cccc3c2OCO3)CC1. The smallest absolute Gasteiger partial charge is 0.341 e. The third-order valence-corrected chi connectivity index (χ3v) is 3.63. The molecule has 0 bridgehead atoms. The second-order valence-electron chi connectivity index (χ2n) is 4.83. The lowest BCUT2D eigenvalue weighted by molar-refractivity contribution is 0.0986. The highest BCUT2D eigenvalue weighted by Crippen LogP contribution is 2.35. The van der Waals surface area contributed by atoms with Gasteiger partial charge in [-0.25, -0.2) is 10.3 Å². The molecule has 108 valence electrons. The van der Waals surface area contributed by atoms with Crippen LogP contribution in [0.2, 0.25) is 0 Å². The predicted molar refractivity (Wildman–Crippen MR) is 69.7 cm³/mol. The third kappa shape index (κ3) is 2.50. The van der Waals surface area contributed by atoms with Crippen LogP contribution in [0.1, 0.15) is 5.56 Å². The van der Waals surface area contributed by atoms with Crippen LogP contribution in [-0.2, 0) is 6.54 Å². The molecule has 1 fully saturated rings. The molecule has 2 aliphatic heterocycles. The van der Waals surface area contributed by atoms with Gasteiger partial charge in [0.1, 0.15) is 0 Å². The number of benzene rings is 1. The van der Waals surface area contributed by atoms with Crippen LogP contribution in [0.4, 0.5) is 4.79 Å². The zero-order valence-corrected chi connectivity index (χ0v) is 11.0. The lowest BCUT2D eigenvalue weighted by Crippen LogP contribution is -2.50. The summed E-state index contributed by atoms with van der Waals surface area (Å²) in [7, 11) is 0. The van der Waals surface area contributed by atoms with E-state index in [0.29, 0.717) is 13.1 Å². The molecule has 3 rings (SSSR count). The number of piperazine rings is 1. The molecule has 0 aliphatic carbocycles. The lowest BCUT2D eigenvalue weighted by atomic mass is 10.1. The summed E-state index contributed by atoms with van der Waals surface area (Å²) in [5.74, 6) is 1.61. The fraction of sp³-hybridized carbons (Fsp3) is 0.462. The van der Waals surface area contributed by atoms with E-state index in [2.05, 4.69) is 4.90 Å². The summed E-state index contributed by atoms with van der Waals surface area (Å²) >= 11 is 0. The van der Waals surface area contributed by atoms with Gasteiger partial charge in [0.25, 0.3) is 0 Å². The van der Waals surface area contributed by atoms with Crippen LogP contribution in [-0.4, -0.2) is 54.0 Å². The first-order valence-corrected chi connectivity index (χ1v) is 6.57. The number of nitrogens with one attached hydrogen (secondary N) is 1. The van der Waals surface area contributed by atoms with Crippen LogP contribution in [0, 0.1) is 0 Å². The number of ether oxygens (including phenoxy) is 2. The molecule has 2 amide bonds. The van der Waals surface area contributed by atoms with Gasteiger partial charge in [-0.15, -0.1) is 0 Å². The quantitative estimate of drug-likeness (QED) is 0.613. The maximum atomic E-state index is 11.3. The first kappa shape index (κ1) is 13.0. The fourth-order valence-corrected chi connectivity index (χ4v) is 2.54. The van der Waals surface area contributed by atoms with Gasteiger partial charge in [0.05, 0.1) is 0 Å². The van der Waals surface area contributed by atoms with Crippen LogP contribution in [0.3, 0.4) is 0 Å². The summed E-state index contributed by atoms with van der Waals surface area (Å²) in [5, 5.41) is 8.61. The Morgan fingerprint density at radius 3 is 2.80 bits per heavy atom. The number of urea groups is 1. The van der Waals surface area contributed by atoms with Crippen molar-refractivity contribution < 1.29 is 19.5 Å². The van der Waals surface area contributed by atoms with Crippen molar-refractivity contribution in [3.63, 3.8) is 0 Å². The van der Waals surface area contributed by atoms with Crippen molar-refractivity contribution in [1.82, 2.24) is 15.3 Å². The van der Waals surface area contributed by atoms with Crippen molar-refractivity contribution in [3.8, 4) is 11.5 Å². The topological polar surface area (TPSA) is 74.3 Å². The Labute approximate surface area is 116 Å². The molecule has 1 aromatic rings. The highest BCUT2D eigenvalue weighted by Gasteiger charge is 2.23. The number of hydrogen-bond donors (Lipinski definition) is 2. The molecular formula is C13H17N3O4. The van der Waals surface area contributed by atoms with Gasteiger partial charge in [-0.3, -0.25) is 10.1 Å². The number of hydroxylamine groups is 1. The van der Waals surface area contributed by atoms with E-state index < -0.39 is 6.03 Å². The number of rotatable bonds is 2. The number of carbonyl (C=O) groups excluding carboxylic acids is 1. The van der Waals surface area contributed by atoms with Crippen molar-refractivity contribution >= 4 is 6.03 Å². The summed E-state index contributed by atoms with van der Waals surface area (Å²) in [5.41, 5.74) is 2.76. The molecule has 2 N–H and O–H groups in total. The molecule has 2 aliphatic rings. The first-order valence-electron chi connectivity index (χ1n) is 6.57. The zero-order chi connectivity index (χ0) is 13.9. The Hall–Kier alpha value is -1.99. The summed E-state index contributed by atoms with van der Waals surface area (Å²) in [6, 6.07) is 5.44. The van der Waals surface area contributed by atoms with Crippen molar-refractivity contribution in [2.45, 2.75) is 6.54 Å². The molecular weight excluding hydrogens is 262 g/mol. The molecule has 0 radical (unpaired) electrons. The van der Waals surface area contributed by atoms with Crippen LogP contribution in [0.15, 0.2) is 18.2 Å². The molecule has 0 unspecified atom stereocenters. The van der Waals surface area contributed by atoms with E-state index in [1.165, 1.54) is 0 Å². The van der Waals surface area contributed by atoms with Crippen molar-refractivity contribution in [1.29, 1.82) is 0 Å². The molecule has 2 heterocycles. The fourth-order valence-electron chi connectivity index (χ4n) is 2.54. The maximum absolute atomic E-state index is 11.3. The minimum absolute atomic E-state index is 0.275. The van der Waals surface area contributed by atoms with Crippen LogP contribution < -0.4 is 15.0 Å². The molecule has 7 nitrogen and oxygen atoms in total. The largest absolute Gasteiger partial charge is 0.454 e. The van der Waals surface area contributed by atoms with Gasteiger partial charge in [-0.05, 0) is 6.07 Å². The lowest BCUT2D eigenvalue weighted by Gasteiger charge is -2.34. The van der Waals surface area contributed by atoms with Crippen LogP contribution >= 0.6 is 0 Å². The molecule has 1 aromatic carbocycles. The van der Waals surface area contributed by atoms with Gasteiger partial charge in [-0.1, -0.05) is 12.1 Å². The Bertz CT molecular complexity index is 500. The minimum Gasteiger partial charge on any atom is -0.454 e. The molecule has 1 saturated heterocycles. The monoisotopic (exact) mass is 279 g/mol. The van der Waals surface area contributed by atoms with E-state index in [9.17, 15) is 4.79 Å². The number of amides is 2. The summed E-state index contributed by atoms with van der Waals surface area (Å²) in [4.78, 5) is 15.1. The highest BCUT2D eigenvalue weighted by atomic mass is 16.7. The average molecular weight is 279 g/mol. The Balaban J connectivity index is 1.60. The van der Waals surface area contributed by atoms with E-state index in [1.54, 1.807) is 10.4 Å². The van der Waals surface area contributed by atoms with Gasteiger partial charge in [0.2, 0.25) is 6.79 Å². The zero-order valence-electron chi connectivity index (χ0n) is 11.0. The Morgan fingerprint density at radius 2 is 2.05 bits per heavy atom. The normalized spacial score (nSPS) is 18.1. The molecule has 0 saturated carbocycles. The van der Waals surface area contributed by atoms with Gasteiger partial charge in [-0.2, -0.15) is 0 Å². The first-order chi connectivity index (χ1) is 9.78. The van der Waals surface area contributed by atoms with Crippen LogP contribution in [0.5, 0.6) is 11.5 Å². The predicted octanol–water partition coefficient (Wildman–Crippen LogP) is 0.632. The van der Waals surface area contributed by atoms with E-state index >= 15 is 0 Å². The van der Waals surface area contributed by atoms with Gasteiger partial charge >= 0.3 is 6.03 Å². The van der Waals surface area contributed by atoms with Crippen molar-refractivity contribution in [2.24, 2.45) is 0 Å². The Kier molecular flexibility index (Phi) is 3.62. The number of para-hydroxylation sites is 1. The van der Waals surface area contributed by atoms with Crippen molar-refractivity contribution in [2.75, 3.05) is 33.0 Å². The molecule has 20 heavy (non-hydrogen) atoms. The van der Waals surface area contributed by atoms with Gasteiger partial charge < -0.3 is 14.4 Å². The maximum Gasteiger partial charge on any atom is 0.341 e. The van der Waals surface area contributed by atoms with E-state index in [4.69, 9.17) is 14.7 Å². The molecule has 0 spiro atoms. The summed E-state index contributed by atoms with van der Waals surface area (Å²) in [6.07, 6.45) is 0. The van der Waals surface area contributed by atoms with E-state index in [1.807, 2.05) is 18.2 Å². The summed E-state index contributed by atoms with van der Waals surface area (Å²) in [6.45, 7) is 3.76. The molecule has 7 heteroatoms. The number of fused-ring (bicyclic) bond motifs is 1. The highest BCUT2D eigenvalue weighted by molar-refractivity contribution is 5.72. The van der Waals surface area contributed by atoms with E-state index in [0.717, 1.165) is 36.7 Å². The van der Waals surface area contributed by atoms with Gasteiger partial charge in [0.15, 0.2) is 11.5 Å². The summed E-state index contributed by atoms with van der Waals surface area (Å²) < 4.78 is 10.9. The standard InChI is InChI=1S/C13H17N3O4/c17-13(14-18)16-6-4-15(5-7-16)8-10-2-1-3-11-12(10)20-9-19-11/h1-3,18H,4-9H2,(H,14,17). The minimum atomic E-state index is -0.443. The second-order valence-corrected chi connectivity index (χ2v) is 4.83. The second kappa shape index (κ2) is 5.56. The molecule has 0 atom stereocenters. The van der Waals surface area contributed by atoms with Crippen molar-refractivity contribution in [3.05, 3.63) is 23.8 Å². The molecule has 0 aromatic heterocycles. The number of nitrogens with zero attached hydrogens (tertiary/aromatic N) is 2. The van der Waals surface area contributed by atoms with Gasteiger partial charge in [0, 0.05) is 38.3 Å².